The van der Waals surface area contributed by atoms with Crippen LogP contribution in [0.5, 0.6) is 0 Å². The average Bonchev–Trinajstić information content (AvgIpc) is 2.59. The van der Waals surface area contributed by atoms with Gasteiger partial charge in [-0.3, -0.25) is 9.59 Å². The summed E-state index contributed by atoms with van der Waals surface area (Å²) in [6.45, 7) is 2.18. The summed E-state index contributed by atoms with van der Waals surface area (Å²) >= 11 is 6.12. The van der Waals surface area contributed by atoms with Crippen molar-refractivity contribution in [3.8, 4) is 0 Å². The van der Waals surface area contributed by atoms with Gasteiger partial charge in [-0.05, 0) is 17.7 Å². The van der Waals surface area contributed by atoms with Gasteiger partial charge in [0, 0.05) is 43.6 Å². The minimum Gasteiger partial charge on any atom is -0.352 e. The molecule has 2 rings (SSSR count). The molecule has 0 aliphatic carbocycles. The highest BCUT2D eigenvalue weighted by Crippen LogP contribution is 2.17. The Labute approximate surface area is 151 Å². The van der Waals surface area contributed by atoms with Crippen LogP contribution in [-0.4, -0.2) is 23.3 Å². The van der Waals surface area contributed by atoms with E-state index in [1.807, 2.05) is 18.2 Å². The Morgan fingerprint density at radius 2 is 1.72 bits per heavy atom. The fourth-order valence-corrected chi connectivity index (χ4v) is 2.54. The molecule has 2 amide bonds. The number of benzene rings is 2. The minimum absolute atomic E-state index is 0.121. The Bertz CT molecular complexity index is 752. The SMILES string of the molecule is CC(=O)N(CCC(=O)NCc1ccccc1F)Cc1ccccc1Cl. The zero-order valence-electron chi connectivity index (χ0n) is 14.0. The molecule has 132 valence electrons. The summed E-state index contributed by atoms with van der Waals surface area (Å²) < 4.78 is 13.5. The molecular formula is C19H20ClFN2O2. The van der Waals surface area contributed by atoms with Crippen LogP contribution >= 0.6 is 11.6 Å². The van der Waals surface area contributed by atoms with Gasteiger partial charge in [-0.15, -0.1) is 0 Å². The monoisotopic (exact) mass is 362 g/mol. The number of carbonyl (C=O) groups is 2. The summed E-state index contributed by atoms with van der Waals surface area (Å²) in [5.41, 5.74) is 1.25. The van der Waals surface area contributed by atoms with Crippen LogP contribution in [0.2, 0.25) is 5.02 Å². The van der Waals surface area contributed by atoms with Crippen molar-refractivity contribution < 1.29 is 14.0 Å². The van der Waals surface area contributed by atoms with Crippen LogP contribution in [0, 0.1) is 5.82 Å². The molecule has 0 bridgehead atoms. The standard InChI is InChI=1S/C19H20ClFN2O2/c1-14(24)23(13-16-7-2-4-8-17(16)20)11-10-19(25)22-12-15-6-3-5-9-18(15)21/h2-9H,10-13H2,1H3,(H,22,25). The second kappa shape index (κ2) is 9.18. The molecule has 0 fully saturated rings. The van der Waals surface area contributed by atoms with Crippen molar-refractivity contribution in [3.05, 3.63) is 70.5 Å². The largest absolute Gasteiger partial charge is 0.352 e. The summed E-state index contributed by atoms with van der Waals surface area (Å²) in [6, 6.07) is 13.6. The van der Waals surface area contributed by atoms with Crippen LogP contribution in [0.15, 0.2) is 48.5 Å². The van der Waals surface area contributed by atoms with Gasteiger partial charge in [-0.25, -0.2) is 4.39 Å². The third-order valence-corrected chi connectivity index (χ3v) is 4.18. The predicted molar refractivity (Wildman–Crippen MR) is 95.4 cm³/mol. The highest BCUT2D eigenvalue weighted by atomic mass is 35.5. The van der Waals surface area contributed by atoms with Gasteiger partial charge < -0.3 is 10.2 Å². The fraction of sp³-hybridized carbons (Fsp3) is 0.263. The number of amides is 2. The zero-order chi connectivity index (χ0) is 18.2. The Morgan fingerprint density at radius 3 is 2.36 bits per heavy atom. The van der Waals surface area contributed by atoms with Crippen LogP contribution in [-0.2, 0) is 22.7 Å². The summed E-state index contributed by atoms with van der Waals surface area (Å²) in [6.07, 6.45) is 0.137. The van der Waals surface area contributed by atoms with E-state index < -0.39 is 0 Å². The number of nitrogens with zero attached hydrogens (tertiary/aromatic N) is 1. The van der Waals surface area contributed by atoms with E-state index in [9.17, 15) is 14.0 Å². The lowest BCUT2D eigenvalue weighted by molar-refractivity contribution is -0.130. The second-order valence-electron chi connectivity index (χ2n) is 5.65. The van der Waals surface area contributed by atoms with Gasteiger partial charge in [0.2, 0.25) is 11.8 Å². The van der Waals surface area contributed by atoms with E-state index in [2.05, 4.69) is 5.32 Å². The van der Waals surface area contributed by atoms with Crippen LogP contribution in [0.25, 0.3) is 0 Å². The van der Waals surface area contributed by atoms with Gasteiger partial charge in [-0.2, -0.15) is 0 Å². The first-order valence-corrected chi connectivity index (χ1v) is 8.34. The van der Waals surface area contributed by atoms with E-state index in [-0.39, 0.29) is 37.1 Å². The normalized spacial score (nSPS) is 10.4. The molecule has 0 atom stereocenters. The zero-order valence-corrected chi connectivity index (χ0v) is 14.7. The molecule has 0 heterocycles. The van der Waals surface area contributed by atoms with Crippen molar-refractivity contribution in [2.24, 2.45) is 0 Å². The van der Waals surface area contributed by atoms with Crippen LogP contribution in [0.3, 0.4) is 0 Å². The van der Waals surface area contributed by atoms with E-state index in [1.165, 1.54) is 13.0 Å². The van der Waals surface area contributed by atoms with E-state index in [4.69, 9.17) is 11.6 Å². The molecule has 0 unspecified atom stereocenters. The van der Waals surface area contributed by atoms with Crippen molar-refractivity contribution in [3.63, 3.8) is 0 Å². The lowest BCUT2D eigenvalue weighted by atomic mass is 10.2. The van der Waals surface area contributed by atoms with Crippen LogP contribution in [0.4, 0.5) is 4.39 Å². The van der Waals surface area contributed by atoms with Crippen molar-refractivity contribution in [1.82, 2.24) is 10.2 Å². The quantitative estimate of drug-likeness (QED) is 0.819. The third kappa shape index (κ3) is 5.87. The van der Waals surface area contributed by atoms with Crippen LogP contribution < -0.4 is 5.32 Å². The molecule has 0 radical (unpaired) electrons. The number of carbonyl (C=O) groups excluding carboxylic acids is 2. The van der Waals surface area contributed by atoms with E-state index in [1.54, 1.807) is 29.2 Å². The molecular weight excluding hydrogens is 343 g/mol. The minimum atomic E-state index is -0.355. The van der Waals surface area contributed by atoms with Gasteiger partial charge >= 0.3 is 0 Å². The van der Waals surface area contributed by atoms with Gasteiger partial charge in [-0.1, -0.05) is 48.0 Å². The summed E-state index contributed by atoms with van der Waals surface area (Å²) in [4.78, 5) is 25.3. The number of hydrogen-bond donors (Lipinski definition) is 1. The maximum absolute atomic E-state index is 13.5. The molecule has 4 nitrogen and oxygen atoms in total. The highest BCUT2D eigenvalue weighted by molar-refractivity contribution is 6.31. The first-order valence-electron chi connectivity index (χ1n) is 7.96. The number of hydrogen-bond acceptors (Lipinski definition) is 2. The first kappa shape index (κ1) is 18.9. The smallest absolute Gasteiger partial charge is 0.222 e. The molecule has 25 heavy (non-hydrogen) atoms. The molecule has 2 aromatic rings. The first-order chi connectivity index (χ1) is 12.0. The summed E-state index contributed by atoms with van der Waals surface area (Å²) in [7, 11) is 0. The topological polar surface area (TPSA) is 49.4 Å². The molecule has 0 aliphatic heterocycles. The Morgan fingerprint density at radius 1 is 1.08 bits per heavy atom. The molecule has 1 N–H and O–H groups in total. The maximum Gasteiger partial charge on any atom is 0.222 e. The van der Waals surface area contributed by atoms with Crippen LogP contribution in [0.1, 0.15) is 24.5 Å². The second-order valence-corrected chi connectivity index (χ2v) is 6.06. The number of nitrogens with one attached hydrogen (secondary N) is 1. The number of rotatable bonds is 7. The summed E-state index contributed by atoms with van der Waals surface area (Å²) in [5, 5.41) is 3.25. The molecule has 0 aromatic heterocycles. The van der Waals surface area contributed by atoms with Crippen molar-refractivity contribution in [2.75, 3.05) is 6.54 Å². The third-order valence-electron chi connectivity index (χ3n) is 3.81. The molecule has 0 saturated heterocycles. The van der Waals surface area contributed by atoms with Gasteiger partial charge in [0.25, 0.3) is 0 Å². The van der Waals surface area contributed by atoms with Gasteiger partial charge in [0.1, 0.15) is 5.82 Å². The molecule has 6 heteroatoms. The van der Waals surface area contributed by atoms with Crippen molar-refractivity contribution >= 4 is 23.4 Å². The predicted octanol–water partition coefficient (Wildman–Crippen LogP) is 3.53. The number of halogens is 2. The molecule has 0 aliphatic rings. The van der Waals surface area contributed by atoms with Crippen molar-refractivity contribution in [2.45, 2.75) is 26.4 Å². The maximum atomic E-state index is 13.5. The van der Waals surface area contributed by atoms with Gasteiger partial charge in [0.05, 0.1) is 0 Å². The lowest BCUT2D eigenvalue weighted by Crippen LogP contribution is -2.33. The Hall–Kier alpha value is -2.40. The molecule has 2 aromatic carbocycles. The lowest BCUT2D eigenvalue weighted by Gasteiger charge is -2.21. The van der Waals surface area contributed by atoms with Crippen molar-refractivity contribution in [1.29, 1.82) is 0 Å². The van der Waals surface area contributed by atoms with E-state index >= 15 is 0 Å². The van der Waals surface area contributed by atoms with E-state index in [0.29, 0.717) is 17.1 Å². The molecule has 0 saturated carbocycles. The molecule has 0 spiro atoms. The van der Waals surface area contributed by atoms with E-state index in [0.717, 1.165) is 5.56 Å². The fourth-order valence-electron chi connectivity index (χ4n) is 2.34. The Balaban J connectivity index is 1.86. The van der Waals surface area contributed by atoms with Gasteiger partial charge in [0.15, 0.2) is 0 Å². The Kier molecular flexibility index (Phi) is 6.95. The summed E-state index contributed by atoms with van der Waals surface area (Å²) in [5.74, 6) is -0.734. The average molecular weight is 363 g/mol. The highest BCUT2D eigenvalue weighted by Gasteiger charge is 2.13.